The van der Waals surface area contributed by atoms with Gasteiger partial charge >= 0.3 is 0 Å². The van der Waals surface area contributed by atoms with Gasteiger partial charge in [0.05, 0.1) is 17.2 Å². The van der Waals surface area contributed by atoms with E-state index in [9.17, 15) is 4.79 Å². The van der Waals surface area contributed by atoms with E-state index >= 15 is 0 Å². The standard InChI is InChI=1S/C13H16N4O.2ClH/c14-7-3-4-8-15-13(18)12-9-16-10-5-1-2-6-11(10)17-12;;/h1-2,5-6,9H,3-4,7-8,14H2,(H,15,18);2*1H. The Morgan fingerprint density at radius 1 is 1.15 bits per heavy atom. The Morgan fingerprint density at radius 2 is 1.85 bits per heavy atom. The summed E-state index contributed by atoms with van der Waals surface area (Å²) in [7, 11) is 0. The summed E-state index contributed by atoms with van der Waals surface area (Å²) in [6.45, 7) is 1.26. The molecule has 0 fully saturated rings. The van der Waals surface area contributed by atoms with E-state index in [-0.39, 0.29) is 30.7 Å². The van der Waals surface area contributed by atoms with Gasteiger partial charge in [-0.3, -0.25) is 9.78 Å². The van der Waals surface area contributed by atoms with Crippen LogP contribution in [0.15, 0.2) is 30.5 Å². The molecule has 5 nitrogen and oxygen atoms in total. The molecule has 20 heavy (non-hydrogen) atoms. The van der Waals surface area contributed by atoms with Crippen molar-refractivity contribution < 1.29 is 4.79 Å². The smallest absolute Gasteiger partial charge is 0.271 e. The summed E-state index contributed by atoms with van der Waals surface area (Å²) in [5.41, 5.74) is 7.25. The average molecular weight is 317 g/mol. The number of nitrogens with two attached hydrogens (primary N) is 1. The molecule has 2 aromatic rings. The molecule has 0 saturated heterocycles. The van der Waals surface area contributed by atoms with Crippen molar-refractivity contribution in [3.05, 3.63) is 36.2 Å². The van der Waals surface area contributed by atoms with Crippen molar-refractivity contribution in [1.82, 2.24) is 15.3 Å². The third kappa shape index (κ3) is 4.92. The number of fused-ring (bicyclic) bond motifs is 1. The number of amides is 1. The van der Waals surface area contributed by atoms with Crippen LogP contribution in [0.25, 0.3) is 11.0 Å². The number of carbonyl (C=O) groups is 1. The van der Waals surface area contributed by atoms with Crippen molar-refractivity contribution in [2.45, 2.75) is 12.8 Å². The van der Waals surface area contributed by atoms with Gasteiger partial charge in [-0.15, -0.1) is 24.8 Å². The number of rotatable bonds is 5. The molecule has 1 aromatic carbocycles. The molecule has 0 bridgehead atoms. The SMILES string of the molecule is Cl.Cl.NCCCCNC(=O)c1cnc2ccccc2n1. The number of nitrogens with one attached hydrogen (secondary N) is 1. The van der Waals surface area contributed by atoms with E-state index in [1.165, 1.54) is 6.20 Å². The summed E-state index contributed by atoms with van der Waals surface area (Å²) in [4.78, 5) is 20.3. The number of halogens is 2. The minimum atomic E-state index is -0.190. The molecule has 0 atom stereocenters. The number of carbonyl (C=O) groups excluding carboxylic acids is 1. The molecule has 0 aliphatic rings. The van der Waals surface area contributed by atoms with Crippen LogP contribution < -0.4 is 11.1 Å². The fourth-order valence-electron chi connectivity index (χ4n) is 1.63. The van der Waals surface area contributed by atoms with E-state index < -0.39 is 0 Å². The predicted octanol–water partition coefficient (Wildman–Crippen LogP) is 1.94. The highest BCUT2D eigenvalue weighted by atomic mass is 35.5. The summed E-state index contributed by atoms with van der Waals surface area (Å²) in [5, 5.41) is 2.80. The zero-order valence-corrected chi connectivity index (χ0v) is 12.5. The minimum absolute atomic E-state index is 0. The second-order valence-corrected chi connectivity index (χ2v) is 4.00. The third-order valence-electron chi connectivity index (χ3n) is 2.60. The van der Waals surface area contributed by atoms with Crippen LogP contribution in [0.2, 0.25) is 0 Å². The zero-order chi connectivity index (χ0) is 12.8. The molecule has 110 valence electrons. The normalized spacial score (nSPS) is 9.45. The van der Waals surface area contributed by atoms with Gasteiger partial charge in [0.25, 0.3) is 5.91 Å². The van der Waals surface area contributed by atoms with Crippen LogP contribution in [-0.2, 0) is 0 Å². The second-order valence-electron chi connectivity index (χ2n) is 4.00. The molecule has 0 radical (unpaired) electrons. The number of aromatic nitrogens is 2. The number of unbranched alkanes of at least 4 members (excludes halogenated alkanes) is 1. The van der Waals surface area contributed by atoms with Crippen LogP contribution in [-0.4, -0.2) is 29.0 Å². The highest BCUT2D eigenvalue weighted by Crippen LogP contribution is 2.08. The predicted molar refractivity (Wildman–Crippen MR) is 84.7 cm³/mol. The van der Waals surface area contributed by atoms with Gasteiger partial charge < -0.3 is 11.1 Å². The lowest BCUT2D eigenvalue weighted by molar-refractivity contribution is 0.0948. The first kappa shape index (κ1) is 18.6. The molecular formula is C13H18Cl2N4O. The Morgan fingerprint density at radius 3 is 2.55 bits per heavy atom. The van der Waals surface area contributed by atoms with Crippen molar-refractivity contribution in [3.63, 3.8) is 0 Å². The van der Waals surface area contributed by atoms with Crippen LogP contribution >= 0.6 is 24.8 Å². The number of para-hydroxylation sites is 2. The molecule has 3 N–H and O–H groups in total. The molecule has 0 aliphatic heterocycles. The monoisotopic (exact) mass is 316 g/mol. The summed E-state index contributed by atoms with van der Waals surface area (Å²) < 4.78 is 0. The summed E-state index contributed by atoms with van der Waals surface area (Å²) in [6.07, 6.45) is 3.29. The molecule has 0 unspecified atom stereocenters. The van der Waals surface area contributed by atoms with E-state index in [1.54, 1.807) is 0 Å². The first-order chi connectivity index (χ1) is 8.81. The molecule has 0 spiro atoms. The highest BCUT2D eigenvalue weighted by Gasteiger charge is 2.07. The first-order valence-corrected chi connectivity index (χ1v) is 6.01. The highest BCUT2D eigenvalue weighted by molar-refractivity contribution is 5.93. The van der Waals surface area contributed by atoms with Gasteiger partial charge in [0.1, 0.15) is 5.69 Å². The van der Waals surface area contributed by atoms with E-state index in [4.69, 9.17) is 5.73 Å². The Kier molecular flexibility index (Phi) is 8.79. The number of nitrogens with zero attached hydrogens (tertiary/aromatic N) is 2. The lowest BCUT2D eigenvalue weighted by Crippen LogP contribution is -2.25. The number of hydrogen-bond acceptors (Lipinski definition) is 4. The molecule has 7 heteroatoms. The maximum absolute atomic E-state index is 11.8. The van der Waals surface area contributed by atoms with Gasteiger partial charge in [0.2, 0.25) is 0 Å². The topological polar surface area (TPSA) is 80.9 Å². The first-order valence-electron chi connectivity index (χ1n) is 6.01. The fraction of sp³-hybridized carbons (Fsp3) is 0.308. The average Bonchev–Trinajstić information content (AvgIpc) is 2.43. The van der Waals surface area contributed by atoms with Crippen molar-refractivity contribution >= 4 is 41.8 Å². The van der Waals surface area contributed by atoms with Gasteiger partial charge in [0, 0.05) is 6.54 Å². The largest absolute Gasteiger partial charge is 0.351 e. The van der Waals surface area contributed by atoms with Gasteiger partial charge in [-0.25, -0.2) is 4.98 Å². The van der Waals surface area contributed by atoms with Crippen molar-refractivity contribution in [3.8, 4) is 0 Å². The van der Waals surface area contributed by atoms with Gasteiger partial charge in [-0.2, -0.15) is 0 Å². The van der Waals surface area contributed by atoms with Crippen molar-refractivity contribution in [2.75, 3.05) is 13.1 Å². The van der Waals surface area contributed by atoms with Crippen LogP contribution in [0.1, 0.15) is 23.3 Å². The Labute approximate surface area is 130 Å². The van der Waals surface area contributed by atoms with Crippen molar-refractivity contribution in [1.29, 1.82) is 0 Å². The minimum Gasteiger partial charge on any atom is -0.351 e. The lowest BCUT2D eigenvalue weighted by Gasteiger charge is -2.04. The molecule has 2 rings (SSSR count). The van der Waals surface area contributed by atoms with Crippen LogP contribution in [0, 0.1) is 0 Å². The van der Waals surface area contributed by atoms with Crippen LogP contribution in [0.5, 0.6) is 0 Å². The second kappa shape index (κ2) is 9.47. The molecular weight excluding hydrogens is 299 g/mol. The number of benzene rings is 1. The van der Waals surface area contributed by atoms with Crippen LogP contribution in [0.3, 0.4) is 0 Å². The molecule has 1 amide bonds. The van der Waals surface area contributed by atoms with E-state index in [2.05, 4.69) is 15.3 Å². The molecule has 0 saturated carbocycles. The Hall–Kier alpha value is -1.43. The lowest BCUT2D eigenvalue weighted by atomic mass is 10.3. The van der Waals surface area contributed by atoms with E-state index in [0.29, 0.717) is 18.8 Å². The summed E-state index contributed by atoms with van der Waals surface area (Å²) >= 11 is 0. The van der Waals surface area contributed by atoms with Gasteiger partial charge in [-0.1, -0.05) is 12.1 Å². The van der Waals surface area contributed by atoms with Crippen molar-refractivity contribution in [2.24, 2.45) is 5.73 Å². The quantitative estimate of drug-likeness (QED) is 0.826. The molecule has 0 aliphatic carbocycles. The zero-order valence-electron chi connectivity index (χ0n) is 10.9. The summed E-state index contributed by atoms with van der Waals surface area (Å²) in [5.74, 6) is -0.190. The Bertz CT molecular complexity index is 551. The van der Waals surface area contributed by atoms with E-state index in [0.717, 1.165) is 23.9 Å². The van der Waals surface area contributed by atoms with E-state index in [1.807, 2.05) is 24.3 Å². The number of hydrogen-bond donors (Lipinski definition) is 2. The molecule has 1 heterocycles. The summed E-state index contributed by atoms with van der Waals surface area (Å²) in [6, 6.07) is 7.47. The Balaban J connectivity index is 0.00000180. The fourth-order valence-corrected chi connectivity index (χ4v) is 1.63. The van der Waals surface area contributed by atoms with Gasteiger partial charge in [-0.05, 0) is 31.5 Å². The van der Waals surface area contributed by atoms with Crippen LogP contribution in [0.4, 0.5) is 0 Å². The maximum Gasteiger partial charge on any atom is 0.271 e. The third-order valence-corrected chi connectivity index (χ3v) is 2.60. The maximum atomic E-state index is 11.8. The van der Waals surface area contributed by atoms with Gasteiger partial charge in [0.15, 0.2) is 0 Å². The molecule has 1 aromatic heterocycles.